The van der Waals surface area contributed by atoms with Crippen LogP contribution in [0.5, 0.6) is 0 Å². The first-order valence-electron chi connectivity index (χ1n) is 3.15. The van der Waals surface area contributed by atoms with Crippen molar-refractivity contribution in [3.63, 3.8) is 0 Å². The summed E-state index contributed by atoms with van der Waals surface area (Å²) in [6.07, 6.45) is -1.66. The predicted octanol–water partition coefficient (Wildman–Crippen LogP) is -0.441. The van der Waals surface area contributed by atoms with Crippen molar-refractivity contribution < 1.29 is 24.5 Å². The molecule has 11 heavy (non-hydrogen) atoms. The molecule has 3 atom stereocenters. The van der Waals surface area contributed by atoms with Crippen LogP contribution in [0.3, 0.4) is 0 Å². The molecule has 0 amide bonds. The molecule has 0 bridgehead atoms. The van der Waals surface area contributed by atoms with Gasteiger partial charge in [0.25, 0.3) is 0 Å². The lowest BCUT2D eigenvalue weighted by Gasteiger charge is -2.37. The summed E-state index contributed by atoms with van der Waals surface area (Å²) >= 11 is 0. The monoisotopic (exact) mass is 160 g/mol. The first kappa shape index (κ1) is 8.00. The van der Waals surface area contributed by atoms with Crippen molar-refractivity contribution in [3.8, 4) is 0 Å². The van der Waals surface area contributed by atoms with Crippen LogP contribution in [0.2, 0.25) is 0 Å². The molecule has 1 fully saturated rings. The molecule has 1 aliphatic rings. The number of carbonyl (C=O) groups is 2. The molecule has 0 aliphatic carbocycles. The van der Waals surface area contributed by atoms with Crippen LogP contribution in [0.4, 0.5) is 0 Å². The summed E-state index contributed by atoms with van der Waals surface area (Å²) in [6, 6.07) is 0. The molecule has 0 aromatic rings. The van der Waals surface area contributed by atoms with Crippen molar-refractivity contribution in [1.29, 1.82) is 0 Å². The lowest BCUT2D eigenvalue weighted by atomic mass is 9.90. The Morgan fingerprint density at radius 2 is 1.82 bits per heavy atom. The third kappa shape index (κ3) is 1.19. The Kier molecular flexibility index (Phi) is 1.82. The minimum Gasteiger partial charge on any atom is -0.481 e. The summed E-state index contributed by atoms with van der Waals surface area (Å²) in [7, 11) is 0. The third-order valence-electron chi connectivity index (χ3n) is 1.72. The van der Waals surface area contributed by atoms with Crippen LogP contribution in [-0.4, -0.2) is 34.4 Å². The lowest BCUT2D eigenvalue weighted by Crippen LogP contribution is -2.55. The van der Waals surface area contributed by atoms with Crippen molar-refractivity contribution in [1.82, 2.24) is 0 Å². The van der Waals surface area contributed by atoms with Crippen molar-refractivity contribution in [2.75, 3.05) is 0 Å². The molecule has 1 aliphatic heterocycles. The maximum atomic E-state index is 10.4. The molecule has 0 saturated carbocycles. The average molecular weight is 160 g/mol. The van der Waals surface area contributed by atoms with Crippen LogP contribution in [0.25, 0.3) is 0 Å². The van der Waals surface area contributed by atoms with Gasteiger partial charge < -0.3 is 14.9 Å². The van der Waals surface area contributed by atoms with Gasteiger partial charge in [0.15, 0.2) is 6.10 Å². The van der Waals surface area contributed by atoms with Gasteiger partial charge in [-0.1, -0.05) is 0 Å². The molecule has 62 valence electrons. The van der Waals surface area contributed by atoms with E-state index in [9.17, 15) is 9.59 Å². The summed E-state index contributed by atoms with van der Waals surface area (Å²) in [5.41, 5.74) is 0. The molecule has 3 unspecified atom stereocenters. The van der Waals surface area contributed by atoms with E-state index >= 15 is 0 Å². The Morgan fingerprint density at radius 3 is 2.00 bits per heavy atom. The molecule has 0 radical (unpaired) electrons. The zero-order chi connectivity index (χ0) is 8.59. The van der Waals surface area contributed by atoms with Crippen molar-refractivity contribution >= 4 is 11.9 Å². The van der Waals surface area contributed by atoms with Crippen LogP contribution in [0, 0.1) is 5.92 Å². The molecular formula is C6H8O5. The molecule has 5 heteroatoms. The second-order valence-electron chi connectivity index (χ2n) is 2.46. The number of rotatable bonds is 2. The van der Waals surface area contributed by atoms with E-state index in [1.54, 1.807) is 0 Å². The van der Waals surface area contributed by atoms with Gasteiger partial charge in [-0.05, 0) is 6.92 Å². The van der Waals surface area contributed by atoms with E-state index in [4.69, 9.17) is 14.9 Å². The predicted molar refractivity (Wildman–Crippen MR) is 33.1 cm³/mol. The fraction of sp³-hybridized carbons (Fsp3) is 0.667. The van der Waals surface area contributed by atoms with E-state index in [1.165, 1.54) is 6.92 Å². The molecule has 1 heterocycles. The summed E-state index contributed by atoms with van der Waals surface area (Å²) in [5, 5.41) is 16.9. The Balaban J connectivity index is 2.62. The summed E-state index contributed by atoms with van der Waals surface area (Å²) in [4.78, 5) is 20.6. The van der Waals surface area contributed by atoms with E-state index in [-0.39, 0.29) is 0 Å². The smallest absolute Gasteiger partial charge is 0.333 e. The van der Waals surface area contributed by atoms with Crippen LogP contribution < -0.4 is 0 Å². The summed E-state index contributed by atoms with van der Waals surface area (Å²) < 4.78 is 4.69. The lowest BCUT2D eigenvalue weighted by molar-refractivity contribution is -0.211. The zero-order valence-electron chi connectivity index (χ0n) is 5.85. The summed E-state index contributed by atoms with van der Waals surface area (Å²) in [6.45, 7) is 1.54. The number of carboxylic acid groups (broad SMARTS) is 2. The normalized spacial score (nSPS) is 35.9. The number of carboxylic acids is 2. The highest BCUT2D eigenvalue weighted by Crippen LogP contribution is 2.28. The van der Waals surface area contributed by atoms with Gasteiger partial charge in [-0.15, -0.1) is 0 Å². The SMILES string of the molecule is CC1OC(C(=O)O)C1C(=O)O. The molecule has 1 rings (SSSR count). The van der Waals surface area contributed by atoms with Gasteiger partial charge >= 0.3 is 11.9 Å². The van der Waals surface area contributed by atoms with Gasteiger partial charge in [0.2, 0.25) is 0 Å². The topological polar surface area (TPSA) is 83.8 Å². The molecule has 2 N–H and O–H groups in total. The first-order valence-corrected chi connectivity index (χ1v) is 3.15. The van der Waals surface area contributed by atoms with Crippen molar-refractivity contribution in [3.05, 3.63) is 0 Å². The number of ether oxygens (including phenoxy) is 1. The highest BCUT2D eigenvalue weighted by Gasteiger charge is 2.49. The molecule has 0 aromatic carbocycles. The van der Waals surface area contributed by atoms with E-state index in [0.717, 1.165) is 0 Å². The van der Waals surface area contributed by atoms with Crippen molar-refractivity contribution in [2.24, 2.45) is 5.92 Å². The van der Waals surface area contributed by atoms with Gasteiger partial charge in [-0.2, -0.15) is 0 Å². The Bertz CT molecular complexity index is 199. The molecular weight excluding hydrogens is 152 g/mol. The summed E-state index contributed by atoms with van der Waals surface area (Å²) in [5.74, 6) is -3.22. The number of aliphatic carboxylic acids is 2. The van der Waals surface area contributed by atoms with Gasteiger partial charge in [0.1, 0.15) is 5.92 Å². The highest BCUT2D eigenvalue weighted by molar-refractivity contribution is 5.83. The van der Waals surface area contributed by atoms with Crippen molar-refractivity contribution in [2.45, 2.75) is 19.1 Å². The van der Waals surface area contributed by atoms with Gasteiger partial charge in [-0.25, -0.2) is 4.79 Å². The Morgan fingerprint density at radius 1 is 1.27 bits per heavy atom. The largest absolute Gasteiger partial charge is 0.481 e. The first-order chi connectivity index (χ1) is 5.04. The van der Waals surface area contributed by atoms with Crippen LogP contribution in [0.1, 0.15) is 6.92 Å². The van der Waals surface area contributed by atoms with Gasteiger partial charge in [0, 0.05) is 0 Å². The maximum absolute atomic E-state index is 10.4. The molecule has 1 saturated heterocycles. The Hall–Kier alpha value is -1.10. The van der Waals surface area contributed by atoms with E-state index in [2.05, 4.69) is 0 Å². The molecule has 0 aromatic heterocycles. The number of hydrogen-bond acceptors (Lipinski definition) is 3. The maximum Gasteiger partial charge on any atom is 0.333 e. The average Bonchev–Trinajstić information content (AvgIpc) is 1.80. The zero-order valence-corrected chi connectivity index (χ0v) is 5.85. The second kappa shape index (κ2) is 2.50. The minimum absolute atomic E-state index is 0.492. The van der Waals surface area contributed by atoms with Crippen LogP contribution >= 0.6 is 0 Å². The Labute approximate surface area is 62.6 Å². The molecule has 5 nitrogen and oxygen atoms in total. The quantitative estimate of drug-likeness (QED) is 0.572. The van der Waals surface area contributed by atoms with Crippen LogP contribution in [0.15, 0.2) is 0 Å². The molecule has 0 spiro atoms. The standard InChI is InChI=1S/C6H8O5/c1-2-3(5(7)8)4(11-2)6(9)10/h2-4H,1H3,(H,7,8)(H,9,10). The highest BCUT2D eigenvalue weighted by atomic mass is 16.6. The van der Waals surface area contributed by atoms with E-state index in [0.29, 0.717) is 0 Å². The fourth-order valence-corrected chi connectivity index (χ4v) is 1.10. The third-order valence-corrected chi connectivity index (χ3v) is 1.72. The van der Waals surface area contributed by atoms with Crippen LogP contribution in [-0.2, 0) is 14.3 Å². The second-order valence-corrected chi connectivity index (χ2v) is 2.46. The minimum atomic E-state index is -1.21. The fourth-order valence-electron chi connectivity index (χ4n) is 1.10. The van der Waals surface area contributed by atoms with Gasteiger partial charge in [0.05, 0.1) is 6.10 Å². The number of hydrogen-bond donors (Lipinski definition) is 2. The van der Waals surface area contributed by atoms with Gasteiger partial charge in [-0.3, -0.25) is 4.79 Å². The van der Waals surface area contributed by atoms with E-state index < -0.39 is 30.1 Å². The van der Waals surface area contributed by atoms with E-state index in [1.807, 2.05) is 0 Å².